The molecule has 4 rings (SSSR count). The maximum atomic E-state index is 12.3. The topological polar surface area (TPSA) is 105 Å². The number of aromatic nitrogens is 2. The van der Waals surface area contributed by atoms with Crippen molar-refractivity contribution in [2.75, 3.05) is 5.75 Å². The smallest absolute Gasteiger partial charge is 0.257 e. The Hall–Kier alpha value is -3.37. The molecule has 0 bridgehead atoms. The first kappa shape index (κ1) is 20.9. The van der Waals surface area contributed by atoms with E-state index in [9.17, 15) is 4.79 Å². The number of thioether (sulfide) groups is 1. The van der Waals surface area contributed by atoms with Crippen LogP contribution in [0.1, 0.15) is 5.56 Å². The van der Waals surface area contributed by atoms with Gasteiger partial charge in [0.2, 0.25) is 5.84 Å². The van der Waals surface area contributed by atoms with Crippen molar-refractivity contribution in [2.45, 2.75) is 5.22 Å². The van der Waals surface area contributed by atoms with Crippen LogP contribution >= 0.6 is 27.7 Å². The summed E-state index contributed by atoms with van der Waals surface area (Å²) >= 11 is 4.56. The van der Waals surface area contributed by atoms with Crippen LogP contribution in [0, 0.1) is 0 Å². The van der Waals surface area contributed by atoms with Gasteiger partial charge in [0.05, 0.1) is 11.4 Å². The number of nitrogens with zero attached hydrogens (tertiary/aromatic N) is 5. The Morgan fingerprint density at radius 1 is 1.10 bits per heavy atom. The average Bonchev–Trinajstić information content (AvgIpc) is 3.22. The third-order valence-corrected chi connectivity index (χ3v) is 5.25. The maximum absolute atomic E-state index is 12.3. The highest BCUT2D eigenvalue weighted by atomic mass is 79.9. The number of para-hydroxylation sites is 2. The number of amides is 1. The molecule has 8 nitrogen and oxygen atoms in total. The van der Waals surface area contributed by atoms with Gasteiger partial charge in [0, 0.05) is 22.4 Å². The minimum absolute atomic E-state index is 0.0838. The number of azo groups is 1. The number of rotatable bonds is 6. The number of hydrogen-bond acceptors (Lipinski definition) is 7. The summed E-state index contributed by atoms with van der Waals surface area (Å²) in [5, 5.41) is 12.9. The molecule has 31 heavy (non-hydrogen) atoms. The molecule has 0 radical (unpaired) electrons. The van der Waals surface area contributed by atoms with Gasteiger partial charge in [0.25, 0.3) is 11.1 Å². The van der Waals surface area contributed by atoms with E-state index in [1.54, 1.807) is 24.5 Å². The largest absolute Gasteiger partial charge is 0.431 e. The second kappa shape index (κ2) is 10.1. The van der Waals surface area contributed by atoms with Crippen molar-refractivity contribution >= 4 is 56.2 Å². The lowest BCUT2D eigenvalue weighted by molar-refractivity contribution is -0.118. The van der Waals surface area contributed by atoms with Gasteiger partial charge in [-0.1, -0.05) is 39.8 Å². The summed E-state index contributed by atoms with van der Waals surface area (Å²) in [7, 11) is 0. The van der Waals surface area contributed by atoms with E-state index in [1.165, 1.54) is 11.8 Å². The molecule has 1 N–H and O–H groups in total. The predicted octanol–water partition coefficient (Wildman–Crippen LogP) is 5.34. The number of pyridine rings is 1. The fourth-order valence-corrected chi connectivity index (χ4v) is 3.34. The summed E-state index contributed by atoms with van der Waals surface area (Å²) in [5.41, 5.74) is 5.19. The number of benzene rings is 2. The SMILES string of the molecule is O=C(CSc1nc2ccccc2o1)N/N=C(\N=Nc1ccc(Br)cc1)c1cccnc1. The Morgan fingerprint density at radius 3 is 2.71 bits per heavy atom. The highest BCUT2D eigenvalue weighted by molar-refractivity contribution is 9.10. The van der Waals surface area contributed by atoms with Gasteiger partial charge < -0.3 is 4.42 Å². The van der Waals surface area contributed by atoms with Crippen LogP contribution in [0.3, 0.4) is 0 Å². The fraction of sp³-hybridized carbons (Fsp3) is 0.0476. The standard InChI is InChI=1S/C21H15BrN6O2S/c22-15-7-9-16(10-8-15)25-27-20(14-4-3-11-23-12-14)28-26-19(29)13-31-21-24-17-5-1-2-6-18(17)30-21/h1-12H,13H2,(H,26,29)/b27-25?,28-20-. The van der Waals surface area contributed by atoms with Gasteiger partial charge in [-0.15, -0.1) is 10.2 Å². The first-order valence-electron chi connectivity index (χ1n) is 9.10. The minimum Gasteiger partial charge on any atom is -0.431 e. The van der Waals surface area contributed by atoms with Gasteiger partial charge in [0.1, 0.15) is 5.52 Å². The summed E-state index contributed by atoms with van der Waals surface area (Å²) in [6.07, 6.45) is 3.24. The van der Waals surface area contributed by atoms with E-state index >= 15 is 0 Å². The van der Waals surface area contributed by atoms with E-state index in [0.29, 0.717) is 22.1 Å². The predicted molar refractivity (Wildman–Crippen MR) is 122 cm³/mol. The van der Waals surface area contributed by atoms with Crippen molar-refractivity contribution in [3.8, 4) is 0 Å². The molecule has 0 saturated heterocycles. The van der Waals surface area contributed by atoms with Crippen LogP contribution in [0.15, 0.2) is 102 Å². The van der Waals surface area contributed by atoms with Crippen molar-refractivity contribution in [3.05, 3.63) is 83.1 Å². The monoisotopic (exact) mass is 494 g/mol. The van der Waals surface area contributed by atoms with Crippen LogP contribution in [0.2, 0.25) is 0 Å². The van der Waals surface area contributed by atoms with E-state index < -0.39 is 0 Å². The lowest BCUT2D eigenvalue weighted by Gasteiger charge is -2.02. The van der Waals surface area contributed by atoms with Gasteiger partial charge >= 0.3 is 0 Å². The third kappa shape index (κ3) is 5.83. The van der Waals surface area contributed by atoms with Crippen LogP contribution in [0.5, 0.6) is 0 Å². The van der Waals surface area contributed by atoms with Crippen molar-refractivity contribution < 1.29 is 9.21 Å². The van der Waals surface area contributed by atoms with E-state index in [4.69, 9.17) is 4.42 Å². The molecule has 1 amide bonds. The molecule has 0 spiro atoms. The highest BCUT2D eigenvalue weighted by Crippen LogP contribution is 2.23. The summed E-state index contributed by atoms with van der Waals surface area (Å²) < 4.78 is 6.54. The van der Waals surface area contributed by atoms with Crippen LogP contribution in [-0.4, -0.2) is 27.5 Å². The lowest BCUT2D eigenvalue weighted by Crippen LogP contribution is -2.21. The van der Waals surface area contributed by atoms with Crippen molar-refractivity contribution in [1.29, 1.82) is 0 Å². The van der Waals surface area contributed by atoms with Crippen LogP contribution in [0.4, 0.5) is 5.69 Å². The number of hydrazone groups is 1. The molecular weight excluding hydrogens is 480 g/mol. The molecule has 0 aliphatic heterocycles. The molecule has 0 aliphatic carbocycles. The highest BCUT2D eigenvalue weighted by Gasteiger charge is 2.10. The van der Waals surface area contributed by atoms with Gasteiger partial charge in [0.15, 0.2) is 5.58 Å². The van der Waals surface area contributed by atoms with Gasteiger partial charge in [-0.3, -0.25) is 9.78 Å². The number of oxazole rings is 1. The zero-order valence-corrected chi connectivity index (χ0v) is 18.4. The summed E-state index contributed by atoms with van der Waals surface area (Å²) in [5.74, 6) is -0.00995. The summed E-state index contributed by atoms with van der Waals surface area (Å²) in [6, 6.07) is 18.3. The first-order chi connectivity index (χ1) is 15.2. The molecule has 4 aromatic rings. The molecule has 154 valence electrons. The number of hydrogen-bond donors (Lipinski definition) is 1. The van der Waals surface area contributed by atoms with Crippen LogP contribution in [0.25, 0.3) is 11.1 Å². The molecule has 2 aromatic carbocycles. The Bertz CT molecular complexity index is 1210. The van der Waals surface area contributed by atoms with Gasteiger partial charge in [-0.2, -0.15) is 5.10 Å². The van der Waals surface area contributed by atoms with Crippen LogP contribution < -0.4 is 5.43 Å². The molecule has 10 heteroatoms. The van der Waals surface area contributed by atoms with Gasteiger partial charge in [-0.05, 0) is 48.5 Å². The number of halogens is 1. The fourth-order valence-electron chi connectivity index (χ4n) is 2.44. The number of carbonyl (C=O) groups excluding carboxylic acids is 1. The third-order valence-electron chi connectivity index (χ3n) is 3.89. The molecule has 0 unspecified atom stereocenters. The van der Waals surface area contributed by atoms with E-state index in [0.717, 1.165) is 9.99 Å². The number of carbonyl (C=O) groups is 1. The first-order valence-corrected chi connectivity index (χ1v) is 10.9. The van der Waals surface area contributed by atoms with E-state index in [-0.39, 0.29) is 17.5 Å². The van der Waals surface area contributed by atoms with E-state index in [1.807, 2.05) is 48.5 Å². The summed E-state index contributed by atoms with van der Waals surface area (Å²) in [4.78, 5) is 20.7. The molecule has 2 aromatic heterocycles. The summed E-state index contributed by atoms with van der Waals surface area (Å²) in [6.45, 7) is 0. The average molecular weight is 495 g/mol. The molecular formula is C21H15BrN6O2S. The normalized spacial score (nSPS) is 11.8. The maximum Gasteiger partial charge on any atom is 0.257 e. The van der Waals surface area contributed by atoms with Crippen LogP contribution in [-0.2, 0) is 4.79 Å². The zero-order valence-electron chi connectivity index (χ0n) is 16.0. The van der Waals surface area contributed by atoms with Crippen molar-refractivity contribution in [1.82, 2.24) is 15.4 Å². The minimum atomic E-state index is -0.326. The zero-order chi connectivity index (χ0) is 21.5. The van der Waals surface area contributed by atoms with Crippen molar-refractivity contribution in [2.24, 2.45) is 15.3 Å². The Labute approximate surface area is 190 Å². The lowest BCUT2D eigenvalue weighted by atomic mass is 10.3. The Balaban J connectivity index is 1.43. The molecule has 0 saturated carbocycles. The Morgan fingerprint density at radius 2 is 1.94 bits per heavy atom. The Kier molecular flexibility index (Phi) is 6.80. The second-order valence-corrected chi connectivity index (χ2v) is 7.97. The number of nitrogens with one attached hydrogen (secondary N) is 1. The number of amidine groups is 1. The molecule has 2 heterocycles. The number of fused-ring (bicyclic) bond motifs is 1. The second-order valence-electron chi connectivity index (χ2n) is 6.12. The van der Waals surface area contributed by atoms with E-state index in [2.05, 4.69) is 46.7 Å². The molecule has 0 atom stereocenters. The molecule has 0 aliphatic rings. The molecule has 0 fully saturated rings. The quantitative estimate of drug-likeness (QED) is 0.128. The van der Waals surface area contributed by atoms with Gasteiger partial charge in [-0.25, -0.2) is 10.4 Å². The van der Waals surface area contributed by atoms with Crippen molar-refractivity contribution in [3.63, 3.8) is 0 Å².